The van der Waals surface area contributed by atoms with Crippen molar-refractivity contribution in [3.63, 3.8) is 0 Å². The first-order chi connectivity index (χ1) is 7.25. The van der Waals surface area contributed by atoms with E-state index in [1.54, 1.807) is 6.07 Å². The van der Waals surface area contributed by atoms with E-state index >= 15 is 0 Å². The van der Waals surface area contributed by atoms with Gasteiger partial charge in [0.1, 0.15) is 0 Å². The molecular weight excluding hydrogens is 235 g/mol. The van der Waals surface area contributed by atoms with Crippen LogP contribution in [-0.2, 0) is 0 Å². The summed E-state index contributed by atoms with van der Waals surface area (Å²) in [6.45, 7) is 2.06. The second kappa shape index (κ2) is 4.96. The summed E-state index contributed by atoms with van der Waals surface area (Å²) < 4.78 is 0. The Morgan fingerprint density at radius 3 is 2.73 bits per heavy atom. The maximum absolute atomic E-state index is 5.91. The average Bonchev–Trinajstić information content (AvgIpc) is 2.25. The molecule has 0 aromatic carbocycles. The molecule has 82 valence electrons. The van der Waals surface area contributed by atoms with Crippen LogP contribution in [0.15, 0.2) is 6.07 Å². The minimum Gasteiger partial charge on any atom is -0.380 e. The number of piperidine rings is 1. The summed E-state index contributed by atoms with van der Waals surface area (Å²) in [4.78, 5) is 0. The van der Waals surface area contributed by atoms with Crippen LogP contribution >= 0.6 is 23.2 Å². The zero-order valence-corrected chi connectivity index (χ0v) is 9.65. The van der Waals surface area contributed by atoms with Crippen LogP contribution in [0.1, 0.15) is 12.8 Å². The monoisotopic (exact) mass is 246 g/mol. The number of hydrogen-bond acceptors (Lipinski definition) is 4. The molecule has 15 heavy (non-hydrogen) atoms. The topological polar surface area (TPSA) is 49.8 Å². The zero-order chi connectivity index (χ0) is 10.7. The van der Waals surface area contributed by atoms with Gasteiger partial charge in [0.25, 0.3) is 0 Å². The van der Waals surface area contributed by atoms with Crippen molar-refractivity contribution in [2.24, 2.45) is 0 Å². The van der Waals surface area contributed by atoms with Crippen LogP contribution in [-0.4, -0.2) is 29.3 Å². The molecule has 0 radical (unpaired) electrons. The minimum absolute atomic E-state index is 0.357. The number of anilines is 1. The van der Waals surface area contributed by atoms with Crippen molar-refractivity contribution in [2.45, 2.75) is 18.9 Å². The molecule has 0 spiro atoms. The fourth-order valence-corrected chi connectivity index (χ4v) is 1.93. The van der Waals surface area contributed by atoms with E-state index in [1.165, 1.54) is 0 Å². The van der Waals surface area contributed by atoms with Gasteiger partial charge >= 0.3 is 0 Å². The van der Waals surface area contributed by atoms with Gasteiger partial charge in [-0.15, -0.1) is 10.2 Å². The largest absolute Gasteiger partial charge is 0.380 e. The van der Waals surface area contributed by atoms with Crippen LogP contribution in [0.4, 0.5) is 5.69 Å². The molecule has 4 nitrogen and oxygen atoms in total. The lowest BCUT2D eigenvalue weighted by Gasteiger charge is -2.24. The third-order valence-electron chi connectivity index (χ3n) is 2.42. The highest BCUT2D eigenvalue weighted by atomic mass is 35.5. The van der Waals surface area contributed by atoms with Crippen molar-refractivity contribution in [3.8, 4) is 0 Å². The van der Waals surface area contributed by atoms with Crippen LogP contribution in [0, 0.1) is 0 Å². The molecule has 2 rings (SSSR count). The number of nitrogens with one attached hydrogen (secondary N) is 2. The second-order valence-electron chi connectivity index (χ2n) is 3.54. The van der Waals surface area contributed by atoms with Crippen LogP contribution in [0.25, 0.3) is 0 Å². The summed E-state index contributed by atoms with van der Waals surface area (Å²) in [5.74, 6) is 0. The SMILES string of the molecule is Clc1cc(NC2CCNCC2)c(Cl)nn1. The highest BCUT2D eigenvalue weighted by Gasteiger charge is 2.14. The van der Waals surface area contributed by atoms with Crippen molar-refractivity contribution in [1.82, 2.24) is 15.5 Å². The van der Waals surface area contributed by atoms with Gasteiger partial charge < -0.3 is 10.6 Å². The van der Waals surface area contributed by atoms with Crippen LogP contribution < -0.4 is 10.6 Å². The third kappa shape index (κ3) is 2.93. The van der Waals surface area contributed by atoms with E-state index in [9.17, 15) is 0 Å². The first-order valence-electron chi connectivity index (χ1n) is 4.91. The summed E-state index contributed by atoms with van der Waals surface area (Å²) in [6.07, 6.45) is 2.16. The normalized spacial score (nSPS) is 17.7. The molecule has 0 saturated carbocycles. The number of aromatic nitrogens is 2. The van der Waals surface area contributed by atoms with Gasteiger partial charge in [-0.2, -0.15) is 0 Å². The van der Waals surface area contributed by atoms with Crippen LogP contribution in [0.3, 0.4) is 0 Å². The van der Waals surface area contributed by atoms with E-state index in [0.717, 1.165) is 31.6 Å². The van der Waals surface area contributed by atoms with Gasteiger partial charge in [-0.05, 0) is 25.9 Å². The second-order valence-corrected chi connectivity index (χ2v) is 4.29. The molecule has 1 saturated heterocycles. The summed E-state index contributed by atoms with van der Waals surface area (Å²) in [5, 5.41) is 14.8. The van der Waals surface area contributed by atoms with Crippen LogP contribution in [0.5, 0.6) is 0 Å². The Morgan fingerprint density at radius 2 is 2.00 bits per heavy atom. The summed E-state index contributed by atoms with van der Waals surface area (Å²) >= 11 is 11.7. The van der Waals surface area contributed by atoms with Gasteiger partial charge in [0.15, 0.2) is 10.3 Å². The van der Waals surface area contributed by atoms with E-state index in [-0.39, 0.29) is 0 Å². The number of nitrogens with zero attached hydrogens (tertiary/aromatic N) is 2. The van der Waals surface area contributed by atoms with Gasteiger partial charge in [-0.3, -0.25) is 0 Å². The fraction of sp³-hybridized carbons (Fsp3) is 0.556. The van der Waals surface area contributed by atoms with Crippen LogP contribution in [0.2, 0.25) is 10.3 Å². The first kappa shape index (κ1) is 10.9. The fourth-order valence-electron chi connectivity index (χ4n) is 1.64. The standard InChI is InChI=1S/C9H12Cl2N4/c10-8-5-7(9(11)15-14-8)13-6-1-3-12-4-2-6/h5-6,12H,1-4H2,(H,13,14). The van der Waals surface area contributed by atoms with E-state index < -0.39 is 0 Å². The van der Waals surface area contributed by atoms with E-state index in [1.807, 2.05) is 0 Å². The molecular formula is C9H12Cl2N4. The summed E-state index contributed by atoms with van der Waals surface area (Å²) in [5.41, 5.74) is 0.767. The number of halogens is 2. The van der Waals surface area contributed by atoms with Gasteiger partial charge in [-0.1, -0.05) is 23.2 Å². The highest BCUT2D eigenvalue weighted by molar-refractivity contribution is 6.33. The maximum Gasteiger partial charge on any atom is 0.174 e. The minimum atomic E-state index is 0.357. The predicted molar refractivity (Wildman–Crippen MR) is 61.6 cm³/mol. The quantitative estimate of drug-likeness (QED) is 0.838. The molecule has 1 aliphatic heterocycles. The Bertz CT molecular complexity index is 339. The smallest absolute Gasteiger partial charge is 0.174 e. The Morgan fingerprint density at radius 1 is 1.27 bits per heavy atom. The molecule has 1 aromatic heterocycles. The molecule has 0 unspecified atom stereocenters. The Labute approximate surface area is 98.4 Å². The van der Waals surface area contributed by atoms with Gasteiger partial charge in [-0.25, -0.2) is 0 Å². The maximum atomic E-state index is 5.91. The lowest BCUT2D eigenvalue weighted by atomic mass is 10.1. The number of hydrogen-bond donors (Lipinski definition) is 2. The summed E-state index contributed by atoms with van der Waals surface area (Å²) in [7, 11) is 0. The molecule has 1 aliphatic rings. The van der Waals surface area contributed by atoms with E-state index in [2.05, 4.69) is 20.8 Å². The molecule has 0 amide bonds. The lowest BCUT2D eigenvalue weighted by Crippen LogP contribution is -2.35. The Balaban J connectivity index is 2.05. The predicted octanol–water partition coefficient (Wildman–Crippen LogP) is 1.95. The van der Waals surface area contributed by atoms with Gasteiger partial charge in [0, 0.05) is 12.1 Å². The summed E-state index contributed by atoms with van der Waals surface area (Å²) in [6, 6.07) is 2.14. The van der Waals surface area contributed by atoms with E-state index in [0.29, 0.717) is 16.3 Å². The molecule has 6 heteroatoms. The van der Waals surface area contributed by atoms with E-state index in [4.69, 9.17) is 23.2 Å². The first-order valence-corrected chi connectivity index (χ1v) is 5.67. The lowest BCUT2D eigenvalue weighted by molar-refractivity contribution is 0.479. The third-order valence-corrected chi connectivity index (χ3v) is 2.88. The average molecular weight is 247 g/mol. The Hall–Kier alpha value is -0.580. The highest BCUT2D eigenvalue weighted by Crippen LogP contribution is 2.23. The molecule has 0 aliphatic carbocycles. The molecule has 1 aromatic rings. The van der Waals surface area contributed by atoms with Crippen molar-refractivity contribution in [1.29, 1.82) is 0 Å². The van der Waals surface area contributed by atoms with Crippen molar-refractivity contribution in [2.75, 3.05) is 18.4 Å². The zero-order valence-electron chi connectivity index (χ0n) is 8.13. The molecule has 2 N–H and O–H groups in total. The van der Waals surface area contributed by atoms with Gasteiger partial charge in [0.2, 0.25) is 0 Å². The molecule has 1 fully saturated rings. The van der Waals surface area contributed by atoms with Crippen molar-refractivity contribution < 1.29 is 0 Å². The van der Waals surface area contributed by atoms with Crippen molar-refractivity contribution in [3.05, 3.63) is 16.4 Å². The van der Waals surface area contributed by atoms with Gasteiger partial charge in [0.05, 0.1) is 5.69 Å². The number of rotatable bonds is 2. The van der Waals surface area contributed by atoms with Crippen molar-refractivity contribution >= 4 is 28.9 Å². The Kier molecular flexibility index (Phi) is 3.61. The molecule has 0 atom stereocenters. The molecule has 2 heterocycles. The molecule has 0 bridgehead atoms.